The van der Waals surface area contributed by atoms with E-state index >= 15 is 0 Å². The molecular weight excluding hydrogens is 174 g/mol. The Balaban J connectivity index is 2.27. The molecule has 0 aromatic heterocycles. The molecule has 3 heteroatoms. The first kappa shape index (κ1) is 9.19. The summed E-state index contributed by atoms with van der Waals surface area (Å²) < 4.78 is 0. The summed E-state index contributed by atoms with van der Waals surface area (Å²) in [7, 11) is 0. The van der Waals surface area contributed by atoms with E-state index in [1.165, 1.54) is 31.6 Å². The van der Waals surface area contributed by atoms with Crippen LogP contribution in [-0.4, -0.2) is 13.1 Å². The van der Waals surface area contributed by atoms with Gasteiger partial charge in [0, 0.05) is 18.8 Å². The second-order valence-corrected chi connectivity index (χ2v) is 3.79. The highest BCUT2D eigenvalue weighted by Gasteiger charge is 2.12. The van der Waals surface area contributed by atoms with Gasteiger partial charge in [-0.2, -0.15) is 5.53 Å². The normalized spacial score (nSPS) is 15.9. The van der Waals surface area contributed by atoms with Crippen molar-refractivity contribution in [2.45, 2.75) is 19.8 Å². The highest BCUT2D eigenvalue weighted by atomic mass is 15.1. The van der Waals surface area contributed by atoms with Crippen LogP contribution in [0.1, 0.15) is 18.4 Å². The van der Waals surface area contributed by atoms with Gasteiger partial charge in [-0.05, 0) is 48.6 Å². The molecule has 1 heterocycles. The zero-order chi connectivity index (χ0) is 9.97. The number of nitrogens with zero attached hydrogens (tertiary/aromatic N) is 2. The Morgan fingerprint density at radius 3 is 2.57 bits per heavy atom. The van der Waals surface area contributed by atoms with Gasteiger partial charge in [0.2, 0.25) is 0 Å². The van der Waals surface area contributed by atoms with Gasteiger partial charge in [0.15, 0.2) is 0 Å². The minimum Gasteiger partial charge on any atom is -0.372 e. The average Bonchev–Trinajstić information content (AvgIpc) is 2.70. The first-order valence-corrected chi connectivity index (χ1v) is 5.08. The standard InChI is InChI=1S/C11H15N3/c1-9-8-10(4-5-11(9)13-12)14-6-2-3-7-14/h4-5,8,12H,2-3,6-7H2,1H3/p+1. The molecule has 0 atom stereocenters. The van der Waals surface area contributed by atoms with Crippen molar-refractivity contribution in [3.05, 3.63) is 23.8 Å². The van der Waals surface area contributed by atoms with E-state index in [9.17, 15) is 0 Å². The SMILES string of the molecule is Cc1cc(N2CCCC2)ccc1N=[NH2+]. The summed E-state index contributed by atoms with van der Waals surface area (Å²) in [5, 5.41) is 3.72. The van der Waals surface area contributed by atoms with E-state index in [2.05, 4.69) is 22.1 Å². The van der Waals surface area contributed by atoms with Crippen LogP contribution in [-0.2, 0) is 0 Å². The van der Waals surface area contributed by atoms with Crippen molar-refractivity contribution in [1.82, 2.24) is 0 Å². The van der Waals surface area contributed by atoms with E-state index in [1.54, 1.807) is 0 Å². The van der Waals surface area contributed by atoms with Gasteiger partial charge in [0.05, 0.1) is 0 Å². The highest BCUT2D eigenvalue weighted by Crippen LogP contribution is 2.26. The minimum absolute atomic E-state index is 0.882. The summed E-state index contributed by atoms with van der Waals surface area (Å²) in [4.78, 5) is 2.41. The lowest BCUT2D eigenvalue weighted by Crippen LogP contribution is -2.22. The predicted octanol–water partition coefficient (Wildman–Crippen LogP) is 1.44. The summed E-state index contributed by atoms with van der Waals surface area (Å²) in [5.74, 6) is 0. The molecule has 1 saturated heterocycles. The third kappa shape index (κ3) is 1.62. The van der Waals surface area contributed by atoms with Gasteiger partial charge in [-0.1, -0.05) is 0 Å². The smallest absolute Gasteiger partial charge is 0.133 e. The maximum atomic E-state index is 5.27. The van der Waals surface area contributed by atoms with Gasteiger partial charge >= 0.3 is 0 Å². The van der Waals surface area contributed by atoms with Crippen molar-refractivity contribution in [3.63, 3.8) is 0 Å². The Morgan fingerprint density at radius 2 is 2.00 bits per heavy atom. The number of benzene rings is 1. The van der Waals surface area contributed by atoms with Crippen LogP contribution < -0.4 is 10.4 Å². The molecular formula is C11H16N3+. The second kappa shape index (κ2) is 3.78. The Hall–Kier alpha value is -1.38. The van der Waals surface area contributed by atoms with Gasteiger partial charge in [0.1, 0.15) is 5.69 Å². The maximum absolute atomic E-state index is 5.27. The third-order valence-corrected chi connectivity index (χ3v) is 2.79. The molecule has 0 unspecified atom stereocenters. The molecule has 0 bridgehead atoms. The van der Waals surface area contributed by atoms with Crippen molar-refractivity contribution in [2.75, 3.05) is 18.0 Å². The topological polar surface area (TPSA) is 41.2 Å². The first-order chi connectivity index (χ1) is 6.81. The molecule has 3 nitrogen and oxygen atoms in total. The van der Waals surface area contributed by atoms with Crippen LogP contribution in [0.15, 0.2) is 23.3 Å². The first-order valence-electron chi connectivity index (χ1n) is 5.08. The van der Waals surface area contributed by atoms with E-state index in [0.717, 1.165) is 11.3 Å². The largest absolute Gasteiger partial charge is 0.372 e. The Morgan fingerprint density at radius 1 is 1.29 bits per heavy atom. The summed E-state index contributed by atoms with van der Waals surface area (Å²) in [6.45, 7) is 4.41. The van der Waals surface area contributed by atoms with Crippen molar-refractivity contribution in [1.29, 1.82) is 0 Å². The number of rotatable bonds is 2. The summed E-state index contributed by atoms with van der Waals surface area (Å²) in [5.41, 5.74) is 8.60. The Kier molecular flexibility index (Phi) is 2.48. The van der Waals surface area contributed by atoms with Gasteiger partial charge in [-0.3, -0.25) is 0 Å². The van der Waals surface area contributed by atoms with E-state index in [4.69, 9.17) is 5.53 Å². The number of aryl methyl sites for hydroxylation is 1. The number of hydrogen-bond acceptors (Lipinski definition) is 2. The number of anilines is 1. The van der Waals surface area contributed by atoms with E-state index < -0.39 is 0 Å². The molecule has 1 aromatic carbocycles. The van der Waals surface area contributed by atoms with Gasteiger partial charge in [0.25, 0.3) is 0 Å². The molecule has 1 aliphatic heterocycles. The molecule has 0 radical (unpaired) electrons. The molecule has 1 aromatic rings. The zero-order valence-electron chi connectivity index (χ0n) is 8.53. The summed E-state index contributed by atoms with van der Waals surface area (Å²) in [6.07, 6.45) is 2.62. The molecule has 2 rings (SSSR count). The van der Waals surface area contributed by atoms with Gasteiger partial charge in [-0.25, -0.2) is 0 Å². The number of hydrogen-bond donors (Lipinski definition) is 1. The van der Waals surface area contributed by atoms with Crippen molar-refractivity contribution in [2.24, 2.45) is 5.11 Å². The van der Waals surface area contributed by atoms with Crippen LogP contribution in [0.3, 0.4) is 0 Å². The highest BCUT2D eigenvalue weighted by molar-refractivity contribution is 5.57. The van der Waals surface area contributed by atoms with Crippen LogP contribution in [0.4, 0.5) is 11.4 Å². The second-order valence-electron chi connectivity index (χ2n) is 3.79. The van der Waals surface area contributed by atoms with Crippen LogP contribution in [0, 0.1) is 6.92 Å². The third-order valence-electron chi connectivity index (χ3n) is 2.79. The van der Waals surface area contributed by atoms with Gasteiger partial charge in [-0.15, -0.1) is 0 Å². The lowest BCUT2D eigenvalue weighted by molar-refractivity contribution is -0.210. The lowest BCUT2D eigenvalue weighted by atomic mass is 10.2. The number of nitrogens with two attached hydrogens (primary N) is 1. The fraction of sp³-hybridized carbons (Fsp3) is 0.455. The van der Waals surface area contributed by atoms with E-state index in [0.29, 0.717) is 0 Å². The van der Waals surface area contributed by atoms with Crippen LogP contribution in [0.2, 0.25) is 0 Å². The maximum Gasteiger partial charge on any atom is 0.133 e. The van der Waals surface area contributed by atoms with Crippen LogP contribution in [0.25, 0.3) is 0 Å². The summed E-state index contributed by atoms with van der Waals surface area (Å²) >= 11 is 0. The molecule has 74 valence electrons. The van der Waals surface area contributed by atoms with E-state index in [-0.39, 0.29) is 0 Å². The van der Waals surface area contributed by atoms with E-state index in [1.807, 2.05) is 13.0 Å². The predicted molar refractivity (Wildman–Crippen MR) is 56.6 cm³/mol. The van der Waals surface area contributed by atoms with Gasteiger partial charge < -0.3 is 4.90 Å². The molecule has 0 saturated carbocycles. The fourth-order valence-electron chi connectivity index (χ4n) is 1.96. The minimum atomic E-state index is 0.882. The molecule has 1 fully saturated rings. The Labute approximate surface area is 84.2 Å². The molecule has 0 aliphatic carbocycles. The molecule has 1 aliphatic rings. The molecule has 2 N–H and O–H groups in total. The molecule has 0 spiro atoms. The summed E-state index contributed by atoms with van der Waals surface area (Å²) in [6, 6.07) is 6.25. The average molecular weight is 190 g/mol. The Bertz CT molecular complexity index is 340. The lowest BCUT2D eigenvalue weighted by Gasteiger charge is -2.17. The zero-order valence-corrected chi connectivity index (χ0v) is 8.53. The van der Waals surface area contributed by atoms with Crippen molar-refractivity contribution >= 4 is 11.4 Å². The van der Waals surface area contributed by atoms with Crippen LogP contribution in [0.5, 0.6) is 0 Å². The van der Waals surface area contributed by atoms with Crippen LogP contribution >= 0.6 is 0 Å². The molecule has 14 heavy (non-hydrogen) atoms. The van der Waals surface area contributed by atoms with Crippen molar-refractivity contribution in [3.8, 4) is 0 Å². The monoisotopic (exact) mass is 190 g/mol. The van der Waals surface area contributed by atoms with Crippen molar-refractivity contribution < 1.29 is 5.53 Å². The quantitative estimate of drug-likeness (QED) is 0.704. The fourth-order valence-corrected chi connectivity index (χ4v) is 1.96. The molecule has 0 amide bonds.